The van der Waals surface area contributed by atoms with Gasteiger partial charge in [-0.25, -0.2) is 0 Å². The molecular weight excluding hydrogens is 378 g/mol. The van der Waals surface area contributed by atoms with Gasteiger partial charge in [0, 0.05) is 24.5 Å². The maximum atomic E-state index is 10.9. The molecule has 1 saturated heterocycles. The van der Waals surface area contributed by atoms with Crippen LogP contribution in [0.4, 0.5) is 0 Å². The number of nitrogens with one attached hydrogen (secondary N) is 1. The van der Waals surface area contributed by atoms with E-state index in [4.69, 9.17) is 9.15 Å². The summed E-state index contributed by atoms with van der Waals surface area (Å²) >= 11 is 0. The van der Waals surface area contributed by atoms with Gasteiger partial charge >= 0.3 is 0 Å². The smallest absolute Gasteiger partial charge is 0.137 e. The highest BCUT2D eigenvalue weighted by atomic mass is 16.5. The number of benzene rings is 1. The third-order valence-corrected chi connectivity index (χ3v) is 5.70. The van der Waals surface area contributed by atoms with Gasteiger partial charge in [-0.1, -0.05) is 18.2 Å². The van der Waals surface area contributed by atoms with Crippen molar-refractivity contribution in [1.29, 1.82) is 0 Å². The molecule has 30 heavy (non-hydrogen) atoms. The first-order chi connectivity index (χ1) is 14.7. The number of hydrogen-bond acceptors (Lipinski definition) is 6. The highest BCUT2D eigenvalue weighted by molar-refractivity contribution is 5.83. The van der Waals surface area contributed by atoms with Crippen LogP contribution in [-0.4, -0.2) is 54.3 Å². The normalized spacial score (nSPS) is 17.0. The molecule has 6 nitrogen and oxygen atoms in total. The number of aromatic nitrogens is 1. The van der Waals surface area contributed by atoms with Crippen LogP contribution >= 0.6 is 0 Å². The molecule has 0 spiro atoms. The number of methoxy groups -OCH3 is 1. The summed E-state index contributed by atoms with van der Waals surface area (Å²) in [5, 5.41) is 15.5. The molecule has 1 unspecified atom stereocenters. The van der Waals surface area contributed by atoms with Gasteiger partial charge in [0.2, 0.25) is 0 Å². The standard InChI is InChI=1S/C24H29N3O3/c1-29-20-15-22-21(7-2-8-23(22)26-16-20)24(28)17-27-12-9-18(10-13-27)25-11-3-5-19-6-4-14-30-19/h2-8,14-16,18,24-25,28H,9-13,17H2,1H3/b5-3+. The van der Waals surface area contributed by atoms with E-state index in [1.165, 1.54) is 0 Å². The molecule has 0 aliphatic carbocycles. The lowest BCUT2D eigenvalue weighted by molar-refractivity contribution is 0.0955. The Hall–Kier alpha value is -2.67. The quantitative estimate of drug-likeness (QED) is 0.594. The summed E-state index contributed by atoms with van der Waals surface area (Å²) in [6.07, 6.45) is 9.08. The average molecular weight is 408 g/mol. The Morgan fingerprint density at radius 3 is 2.93 bits per heavy atom. The molecule has 2 N–H and O–H groups in total. The molecule has 1 atom stereocenters. The summed E-state index contributed by atoms with van der Waals surface area (Å²) < 4.78 is 10.6. The van der Waals surface area contributed by atoms with Crippen LogP contribution in [0.25, 0.3) is 17.0 Å². The zero-order chi connectivity index (χ0) is 20.8. The number of aliphatic hydroxyl groups is 1. The van der Waals surface area contributed by atoms with Crippen molar-refractivity contribution in [2.24, 2.45) is 0 Å². The van der Waals surface area contributed by atoms with E-state index in [1.54, 1.807) is 19.6 Å². The third kappa shape index (κ3) is 5.08. The first-order valence-electron chi connectivity index (χ1n) is 10.5. The van der Waals surface area contributed by atoms with Crippen LogP contribution in [-0.2, 0) is 0 Å². The van der Waals surface area contributed by atoms with Crippen molar-refractivity contribution >= 4 is 17.0 Å². The van der Waals surface area contributed by atoms with E-state index in [0.29, 0.717) is 18.3 Å². The third-order valence-electron chi connectivity index (χ3n) is 5.70. The van der Waals surface area contributed by atoms with Crippen LogP contribution in [0.2, 0.25) is 0 Å². The van der Waals surface area contributed by atoms with Gasteiger partial charge in [-0.15, -0.1) is 0 Å². The number of nitrogens with zero attached hydrogens (tertiary/aromatic N) is 2. The minimum Gasteiger partial charge on any atom is -0.495 e. The number of furan rings is 1. The van der Waals surface area contributed by atoms with Crippen molar-refractivity contribution in [2.75, 3.05) is 33.3 Å². The Kier molecular flexibility index (Phi) is 6.79. The van der Waals surface area contributed by atoms with Crippen molar-refractivity contribution in [3.63, 3.8) is 0 Å². The number of fused-ring (bicyclic) bond motifs is 1. The molecule has 1 aliphatic heterocycles. The van der Waals surface area contributed by atoms with Crippen LogP contribution < -0.4 is 10.1 Å². The zero-order valence-corrected chi connectivity index (χ0v) is 17.3. The second kappa shape index (κ2) is 9.89. The molecule has 6 heteroatoms. The fourth-order valence-electron chi connectivity index (χ4n) is 4.01. The predicted octanol–water partition coefficient (Wildman–Crippen LogP) is 3.64. The van der Waals surface area contributed by atoms with Crippen LogP contribution in [0.1, 0.15) is 30.3 Å². The molecule has 0 radical (unpaired) electrons. The van der Waals surface area contributed by atoms with E-state index in [9.17, 15) is 5.11 Å². The molecule has 1 fully saturated rings. The minimum absolute atomic E-state index is 0.505. The van der Waals surface area contributed by atoms with Gasteiger partial charge in [-0.2, -0.15) is 0 Å². The van der Waals surface area contributed by atoms with Gasteiger partial charge in [0.15, 0.2) is 0 Å². The van der Waals surface area contributed by atoms with Crippen molar-refractivity contribution in [3.8, 4) is 5.75 Å². The van der Waals surface area contributed by atoms with Crippen LogP contribution in [0.5, 0.6) is 5.75 Å². The molecule has 3 heterocycles. The Balaban J connectivity index is 1.28. The highest BCUT2D eigenvalue weighted by Gasteiger charge is 2.22. The lowest BCUT2D eigenvalue weighted by Gasteiger charge is -2.33. The van der Waals surface area contributed by atoms with Gasteiger partial charge in [0.25, 0.3) is 0 Å². The lowest BCUT2D eigenvalue weighted by Crippen LogP contribution is -2.43. The number of pyridine rings is 1. The zero-order valence-electron chi connectivity index (χ0n) is 17.3. The first-order valence-corrected chi connectivity index (χ1v) is 10.5. The molecule has 0 bridgehead atoms. The van der Waals surface area contributed by atoms with Gasteiger partial charge < -0.3 is 24.5 Å². The number of β-amino-alcohol motifs (C(OH)–C–C–N with tert-alkyl or cyclic N) is 1. The highest BCUT2D eigenvalue weighted by Crippen LogP contribution is 2.27. The first kappa shape index (κ1) is 20.6. The maximum Gasteiger partial charge on any atom is 0.137 e. The largest absolute Gasteiger partial charge is 0.495 e. The van der Waals surface area contributed by atoms with E-state index < -0.39 is 6.10 Å². The Bertz CT molecular complexity index is 963. The van der Waals surface area contributed by atoms with E-state index in [0.717, 1.165) is 54.7 Å². The average Bonchev–Trinajstić information content (AvgIpc) is 3.30. The maximum absolute atomic E-state index is 10.9. The number of ether oxygens (including phenoxy) is 1. The van der Waals surface area contributed by atoms with Gasteiger partial charge in [-0.3, -0.25) is 4.98 Å². The topological polar surface area (TPSA) is 70.8 Å². The summed E-state index contributed by atoms with van der Waals surface area (Å²) in [6.45, 7) is 3.41. The second-order valence-corrected chi connectivity index (χ2v) is 7.71. The molecule has 4 rings (SSSR count). The predicted molar refractivity (Wildman–Crippen MR) is 118 cm³/mol. The summed E-state index contributed by atoms with van der Waals surface area (Å²) in [4.78, 5) is 6.78. The van der Waals surface area contributed by atoms with Gasteiger partial charge in [0.05, 0.1) is 31.2 Å². The number of rotatable bonds is 8. The Morgan fingerprint density at radius 2 is 2.17 bits per heavy atom. The fraction of sp³-hybridized carbons (Fsp3) is 0.375. The van der Waals surface area contributed by atoms with Gasteiger partial charge in [-0.05, 0) is 61.8 Å². The van der Waals surface area contributed by atoms with Crippen molar-refractivity contribution in [3.05, 3.63) is 66.3 Å². The fourth-order valence-corrected chi connectivity index (χ4v) is 4.01. The molecular formula is C24H29N3O3. The van der Waals surface area contributed by atoms with E-state index >= 15 is 0 Å². The number of hydrogen-bond donors (Lipinski definition) is 2. The molecule has 158 valence electrons. The van der Waals surface area contributed by atoms with Crippen LogP contribution in [0.15, 0.2) is 59.4 Å². The number of piperidine rings is 1. The summed E-state index contributed by atoms with van der Waals surface area (Å²) in [6, 6.07) is 12.2. The number of likely N-dealkylation sites (tertiary alicyclic amines) is 1. The molecule has 2 aromatic heterocycles. The van der Waals surface area contributed by atoms with Crippen LogP contribution in [0.3, 0.4) is 0 Å². The van der Waals surface area contributed by atoms with E-state index in [2.05, 4.69) is 21.3 Å². The van der Waals surface area contributed by atoms with Crippen molar-refractivity contribution in [1.82, 2.24) is 15.2 Å². The Morgan fingerprint density at radius 1 is 1.30 bits per heavy atom. The molecule has 0 amide bonds. The van der Waals surface area contributed by atoms with Crippen LogP contribution in [0, 0.1) is 0 Å². The molecule has 1 aromatic carbocycles. The Labute approximate surface area is 177 Å². The monoisotopic (exact) mass is 407 g/mol. The minimum atomic E-state index is -0.552. The lowest BCUT2D eigenvalue weighted by atomic mass is 10.0. The summed E-state index contributed by atoms with van der Waals surface area (Å²) in [5.74, 6) is 1.58. The number of aliphatic hydroxyl groups excluding tert-OH is 1. The van der Waals surface area contributed by atoms with Crippen molar-refractivity contribution in [2.45, 2.75) is 25.0 Å². The molecule has 0 saturated carbocycles. The summed E-state index contributed by atoms with van der Waals surface area (Å²) in [7, 11) is 1.63. The molecule has 1 aliphatic rings. The summed E-state index contributed by atoms with van der Waals surface area (Å²) in [5.41, 5.74) is 1.78. The second-order valence-electron chi connectivity index (χ2n) is 7.71. The van der Waals surface area contributed by atoms with E-state index in [-0.39, 0.29) is 0 Å². The van der Waals surface area contributed by atoms with Crippen molar-refractivity contribution < 1.29 is 14.3 Å². The van der Waals surface area contributed by atoms with E-state index in [1.807, 2.05) is 42.5 Å². The molecule has 3 aromatic rings. The SMILES string of the molecule is COc1cnc2cccc(C(O)CN3CCC(NC/C=C/c4ccco4)CC3)c2c1. The van der Waals surface area contributed by atoms with Gasteiger partial charge in [0.1, 0.15) is 11.5 Å².